The molecule has 0 bridgehead atoms. The molecule has 1 N–H and O–H groups in total. The first-order valence-electron chi connectivity index (χ1n) is 7.35. The molecule has 5 nitrogen and oxygen atoms in total. The normalized spacial score (nSPS) is 19.3. The molecule has 0 aromatic carbocycles. The molecular formula is C17H23N3O2. The third-order valence-electron chi connectivity index (χ3n) is 3.38. The van der Waals surface area contributed by atoms with Gasteiger partial charge in [0.2, 0.25) is 0 Å². The molecule has 5 heteroatoms. The van der Waals surface area contributed by atoms with Gasteiger partial charge in [-0.1, -0.05) is 5.92 Å². The highest BCUT2D eigenvalue weighted by atomic mass is 16.5. The zero-order valence-corrected chi connectivity index (χ0v) is 13.6. The third-order valence-corrected chi connectivity index (χ3v) is 3.38. The number of pyridine rings is 1. The van der Waals surface area contributed by atoms with E-state index in [4.69, 9.17) is 11.2 Å². The van der Waals surface area contributed by atoms with Crippen molar-refractivity contribution in [1.82, 2.24) is 10.3 Å². The topological polar surface area (TPSA) is 54.5 Å². The van der Waals surface area contributed by atoms with Crippen molar-refractivity contribution < 1.29 is 9.53 Å². The molecule has 1 amide bonds. The summed E-state index contributed by atoms with van der Waals surface area (Å²) in [5.74, 6) is 3.01. The number of amides is 1. The van der Waals surface area contributed by atoms with E-state index in [-0.39, 0.29) is 23.7 Å². The van der Waals surface area contributed by atoms with Gasteiger partial charge >= 0.3 is 0 Å². The molecule has 118 valence electrons. The summed E-state index contributed by atoms with van der Waals surface area (Å²) in [4.78, 5) is 18.4. The second kappa shape index (κ2) is 5.98. The first-order chi connectivity index (χ1) is 10.2. The number of carbonyl (C=O) groups excluding carboxylic acids is 1. The van der Waals surface area contributed by atoms with Gasteiger partial charge in [-0.2, -0.15) is 0 Å². The number of aromatic nitrogens is 1. The smallest absolute Gasteiger partial charge is 0.253 e. The maximum Gasteiger partial charge on any atom is 0.253 e. The number of carbonyl (C=O) groups is 1. The summed E-state index contributed by atoms with van der Waals surface area (Å²) < 4.78 is 6.07. The highest BCUT2D eigenvalue weighted by molar-refractivity contribution is 5.94. The molecule has 2 rings (SSSR count). The zero-order chi connectivity index (χ0) is 16.4. The predicted octanol–water partition coefficient (Wildman–Crippen LogP) is 1.84. The molecule has 0 radical (unpaired) electrons. The van der Waals surface area contributed by atoms with Gasteiger partial charge in [0.1, 0.15) is 5.82 Å². The first kappa shape index (κ1) is 16.3. The lowest BCUT2D eigenvalue weighted by molar-refractivity contribution is -0.133. The summed E-state index contributed by atoms with van der Waals surface area (Å²) in [6.45, 7) is 10.0. The molecule has 1 aliphatic heterocycles. The van der Waals surface area contributed by atoms with Crippen molar-refractivity contribution in [1.29, 1.82) is 0 Å². The number of morpholine rings is 1. The molecule has 0 unspecified atom stereocenters. The number of hydrogen-bond donors (Lipinski definition) is 1. The van der Waals surface area contributed by atoms with Crippen LogP contribution in [0.2, 0.25) is 0 Å². The molecule has 22 heavy (non-hydrogen) atoms. The monoisotopic (exact) mass is 301 g/mol. The minimum atomic E-state index is -0.244. The number of ether oxygens (including phenoxy) is 1. The molecule has 0 aliphatic carbocycles. The van der Waals surface area contributed by atoms with E-state index in [0.717, 1.165) is 18.9 Å². The molecule has 1 aliphatic rings. The minimum absolute atomic E-state index is 0.209. The fourth-order valence-corrected chi connectivity index (χ4v) is 2.89. The van der Waals surface area contributed by atoms with Crippen LogP contribution in [-0.4, -0.2) is 41.7 Å². The van der Waals surface area contributed by atoms with E-state index in [1.54, 1.807) is 12.3 Å². The SMILES string of the molecule is C#CCNC(=O)c1ccc(N2CC(C)(C)OC(C)(C)C2)nc1. The lowest BCUT2D eigenvalue weighted by atomic mass is 9.99. The van der Waals surface area contributed by atoms with E-state index >= 15 is 0 Å². The van der Waals surface area contributed by atoms with Crippen LogP contribution < -0.4 is 10.2 Å². The van der Waals surface area contributed by atoms with Crippen LogP contribution in [0.4, 0.5) is 5.82 Å². The predicted molar refractivity (Wildman–Crippen MR) is 86.9 cm³/mol. The van der Waals surface area contributed by atoms with E-state index < -0.39 is 0 Å². The summed E-state index contributed by atoms with van der Waals surface area (Å²) in [7, 11) is 0. The summed E-state index contributed by atoms with van der Waals surface area (Å²) in [5, 5.41) is 2.63. The highest BCUT2D eigenvalue weighted by Crippen LogP contribution is 2.30. The average molecular weight is 301 g/mol. The number of terminal acetylenes is 1. The Morgan fingerprint density at radius 2 is 2.00 bits per heavy atom. The van der Waals surface area contributed by atoms with E-state index in [1.165, 1.54) is 0 Å². The molecule has 0 spiro atoms. The number of nitrogens with zero attached hydrogens (tertiary/aromatic N) is 2. The van der Waals surface area contributed by atoms with Crippen molar-refractivity contribution in [3.05, 3.63) is 23.9 Å². The Bertz CT molecular complexity index is 569. The number of hydrogen-bond acceptors (Lipinski definition) is 4. The molecule has 1 fully saturated rings. The maximum atomic E-state index is 11.8. The molecule has 1 aromatic rings. The fourth-order valence-electron chi connectivity index (χ4n) is 2.89. The summed E-state index contributed by atoms with van der Waals surface area (Å²) in [5.41, 5.74) is 0.0178. The quantitative estimate of drug-likeness (QED) is 0.866. The second-order valence-electron chi connectivity index (χ2n) is 6.77. The summed E-state index contributed by atoms with van der Waals surface area (Å²) >= 11 is 0. The fraction of sp³-hybridized carbons (Fsp3) is 0.529. The highest BCUT2D eigenvalue weighted by Gasteiger charge is 2.38. The van der Waals surface area contributed by atoms with E-state index in [9.17, 15) is 4.79 Å². The Labute approximate surface area is 132 Å². The minimum Gasteiger partial charge on any atom is -0.366 e. The Kier molecular flexibility index (Phi) is 4.43. The van der Waals surface area contributed by atoms with Gasteiger partial charge in [0.05, 0.1) is 23.3 Å². The maximum absolute atomic E-state index is 11.8. The lowest BCUT2D eigenvalue weighted by Gasteiger charge is -2.47. The van der Waals surface area contributed by atoms with Crippen molar-refractivity contribution in [3.63, 3.8) is 0 Å². The van der Waals surface area contributed by atoms with Gasteiger partial charge < -0.3 is 15.0 Å². The Balaban J connectivity index is 2.13. The van der Waals surface area contributed by atoms with Crippen LogP contribution in [0, 0.1) is 12.3 Å². The second-order valence-corrected chi connectivity index (χ2v) is 6.77. The standard InChI is InChI=1S/C17H23N3O2/c1-6-9-18-15(21)13-7-8-14(19-10-13)20-11-16(2,3)22-17(4,5)12-20/h1,7-8,10H,9,11-12H2,2-5H3,(H,18,21). The van der Waals surface area contributed by atoms with Gasteiger partial charge in [0.25, 0.3) is 5.91 Å². The van der Waals surface area contributed by atoms with Gasteiger partial charge in [-0.05, 0) is 39.8 Å². The largest absolute Gasteiger partial charge is 0.366 e. The average Bonchev–Trinajstić information content (AvgIpc) is 2.41. The van der Waals surface area contributed by atoms with Crippen LogP contribution in [0.25, 0.3) is 0 Å². The number of nitrogens with one attached hydrogen (secondary N) is 1. The zero-order valence-electron chi connectivity index (χ0n) is 13.6. The molecule has 2 heterocycles. The lowest BCUT2D eigenvalue weighted by Crippen LogP contribution is -2.57. The van der Waals surface area contributed by atoms with Crippen molar-refractivity contribution in [2.75, 3.05) is 24.5 Å². The van der Waals surface area contributed by atoms with E-state index in [1.807, 2.05) is 6.07 Å². The van der Waals surface area contributed by atoms with Gasteiger partial charge in [-0.15, -0.1) is 6.42 Å². The Hall–Kier alpha value is -2.06. The Morgan fingerprint density at radius 1 is 1.36 bits per heavy atom. The van der Waals surface area contributed by atoms with Gasteiger partial charge in [-0.25, -0.2) is 4.98 Å². The number of anilines is 1. The van der Waals surface area contributed by atoms with E-state index in [0.29, 0.717) is 5.56 Å². The Morgan fingerprint density at radius 3 is 2.50 bits per heavy atom. The van der Waals surface area contributed by atoms with E-state index in [2.05, 4.69) is 48.8 Å². The van der Waals surface area contributed by atoms with Crippen molar-refractivity contribution >= 4 is 11.7 Å². The molecule has 1 saturated heterocycles. The molecule has 0 atom stereocenters. The van der Waals surface area contributed by atoms with Crippen LogP contribution in [0.1, 0.15) is 38.1 Å². The first-order valence-corrected chi connectivity index (χ1v) is 7.35. The van der Waals surface area contributed by atoms with Crippen LogP contribution in [0.5, 0.6) is 0 Å². The third kappa shape index (κ3) is 3.99. The van der Waals surface area contributed by atoms with Crippen LogP contribution in [0.15, 0.2) is 18.3 Å². The van der Waals surface area contributed by atoms with Crippen molar-refractivity contribution in [3.8, 4) is 12.3 Å². The summed E-state index contributed by atoms with van der Waals surface area (Å²) in [6.07, 6.45) is 6.71. The van der Waals surface area contributed by atoms with Crippen LogP contribution in [0.3, 0.4) is 0 Å². The number of rotatable bonds is 3. The molecular weight excluding hydrogens is 278 g/mol. The van der Waals surface area contributed by atoms with Crippen molar-refractivity contribution in [2.45, 2.75) is 38.9 Å². The van der Waals surface area contributed by atoms with Gasteiger partial charge in [0, 0.05) is 19.3 Å². The molecule has 0 saturated carbocycles. The summed E-state index contributed by atoms with van der Waals surface area (Å²) in [6, 6.07) is 3.63. The van der Waals surface area contributed by atoms with Crippen molar-refractivity contribution in [2.24, 2.45) is 0 Å². The van der Waals surface area contributed by atoms with Gasteiger partial charge in [-0.3, -0.25) is 4.79 Å². The molecule has 1 aromatic heterocycles. The van der Waals surface area contributed by atoms with Gasteiger partial charge in [0.15, 0.2) is 0 Å². The van der Waals surface area contributed by atoms with Crippen LogP contribution >= 0.6 is 0 Å². The van der Waals surface area contributed by atoms with Crippen LogP contribution in [-0.2, 0) is 4.74 Å².